The van der Waals surface area contributed by atoms with E-state index in [1.165, 1.54) is 11.9 Å². The van der Waals surface area contributed by atoms with Gasteiger partial charge in [0.2, 0.25) is 5.91 Å². The molecular formula is C46H64N4O7. The van der Waals surface area contributed by atoms with Crippen molar-refractivity contribution in [2.24, 2.45) is 40.4 Å². The van der Waals surface area contributed by atoms with Gasteiger partial charge in [-0.05, 0) is 125 Å². The van der Waals surface area contributed by atoms with Gasteiger partial charge in [0, 0.05) is 31.8 Å². The molecule has 4 fully saturated rings. The van der Waals surface area contributed by atoms with Crippen LogP contribution in [0.4, 0.5) is 4.79 Å². The molecule has 3 N–H and O–H groups in total. The second-order valence-corrected chi connectivity index (χ2v) is 18.8. The van der Waals surface area contributed by atoms with Crippen LogP contribution in [0.3, 0.4) is 0 Å². The lowest BCUT2D eigenvalue weighted by atomic mass is 9.44. The molecule has 11 heteroatoms. The van der Waals surface area contributed by atoms with E-state index >= 15 is 0 Å². The zero-order valence-corrected chi connectivity index (χ0v) is 35.0. The van der Waals surface area contributed by atoms with Gasteiger partial charge < -0.3 is 20.1 Å². The number of Topliss-reactive ketones (excluding diaryl/α,β-unsaturated/α-hetero) is 1. The maximum atomic E-state index is 14.8. The number of hydrogen-bond donors (Lipinski definition) is 3. The molecule has 4 aliphatic rings. The molecule has 4 saturated carbocycles. The number of amides is 3. The summed E-state index contributed by atoms with van der Waals surface area (Å²) in [5, 5.41) is 7.12. The first-order chi connectivity index (χ1) is 27.0. The lowest BCUT2D eigenvalue weighted by molar-refractivity contribution is -0.161. The van der Waals surface area contributed by atoms with Crippen LogP contribution >= 0.6 is 0 Å². The normalized spacial score (nSPS) is 31.0. The van der Waals surface area contributed by atoms with Gasteiger partial charge in [0.05, 0.1) is 0 Å². The monoisotopic (exact) mass is 784 g/mol. The molecule has 3 amide bonds. The average molecular weight is 785 g/mol. The minimum Gasteiger partial charge on any atom is -0.463 e. The summed E-state index contributed by atoms with van der Waals surface area (Å²) in [6.45, 7) is 13.1. The number of nitrogens with one attached hydrogen (secondary N) is 3. The predicted octanol–water partition coefficient (Wildman–Crippen LogP) is 6.93. The Bertz CT molecular complexity index is 1760. The quantitative estimate of drug-likeness (QED) is 0.155. The summed E-state index contributed by atoms with van der Waals surface area (Å²) in [7, 11) is 0. The molecule has 0 heterocycles. The number of hydrogen-bond acceptors (Lipinski definition) is 8. The summed E-state index contributed by atoms with van der Waals surface area (Å²) >= 11 is 0. The Morgan fingerprint density at radius 2 is 1.47 bits per heavy atom. The summed E-state index contributed by atoms with van der Waals surface area (Å²) < 4.78 is 11.3. The second kappa shape index (κ2) is 17.3. The van der Waals surface area contributed by atoms with E-state index in [-0.39, 0.29) is 65.9 Å². The molecular weight excluding hydrogens is 721 g/mol. The molecule has 10 atom stereocenters. The van der Waals surface area contributed by atoms with Crippen LogP contribution in [0.15, 0.2) is 60.7 Å². The highest BCUT2D eigenvalue weighted by molar-refractivity contribution is 5.89. The van der Waals surface area contributed by atoms with Crippen molar-refractivity contribution in [3.8, 4) is 0 Å². The fourth-order valence-corrected chi connectivity index (χ4v) is 11.6. The van der Waals surface area contributed by atoms with Crippen molar-refractivity contribution < 1.29 is 33.4 Å². The number of benzene rings is 2. The van der Waals surface area contributed by atoms with E-state index in [0.29, 0.717) is 24.2 Å². The Hall–Kier alpha value is -4.25. The SMILES string of the molecule is CC(=O)O[C@H]1CC[C@@]2(C)[C@@H](CC[C@@H]3[C@@H]2CC[C@@]2(C)[C@H]3C[C@H](NN(CC(=O)NCc3ccccc3)C(=O)[C@H](Cc3ccccc3)NC(=O)OC(C)(C)C)[C@@H]2C(C)=O)C1. The number of nitrogens with zero attached hydrogens (tertiary/aromatic N) is 1. The van der Waals surface area contributed by atoms with E-state index < -0.39 is 29.7 Å². The molecule has 2 aromatic rings. The summed E-state index contributed by atoms with van der Waals surface area (Å²) in [5.41, 5.74) is 4.30. The largest absolute Gasteiger partial charge is 0.463 e. The van der Waals surface area contributed by atoms with Crippen LogP contribution in [0.1, 0.15) is 111 Å². The van der Waals surface area contributed by atoms with Crippen molar-refractivity contribution in [2.75, 3.05) is 6.54 Å². The van der Waals surface area contributed by atoms with Gasteiger partial charge >= 0.3 is 12.1 Å². The van der Waals surface area contributed by atoms with E-state index in [0.717, 1.165) is 56.1 Å². The number of alkyl carbamates (subject to hydrolysis) is 1. The van der Waals surface area contributed by atoms with Crippen molar-refractivity contribution in [3.05, 3.63) is 71.8 Å². The third-order valence-corrected chi connectivity index (χ3v) is 13.9. The standard InChI is InChI=1S/C46H64N4O7/c1-29(51)41-38(26-37-35-19-18-33-25-34(56-30(2)52)20-22-45(33,6)36(35)21-23-46(37,41)7)49-50(28-40(53)47-27-32-16-12-9-13-17-32)42(54)39(24-31-14-10-8-11-15-31)48-43(55)57-44(3,4)5/h8-17,33-39,41,49H,18-28H2,1-7H3,(H,47,53)(H,48,55)/t33-,34-,35+,36-,37-,38-,39-,41-,45-,46-/m0/s1. The third-order valence-electron chi connectivity index (χ3n) is 13.9. The van der Waals surface area contributed by atoms with Gasteiger partial charge in [-0.3, -0.25) is 24.2 Å². The zero-order valence-electron chi connectivity index (χ0n) is 35.0. The van der Waals surface area contributed by atoms with E-state index in [4.69, 9.17) is 9.47 Å². The van der Waals surface area contributed by atoms with Crippen LogP contribution in [0, 0.1) is 40.4 Å². The van der Waals surface area contributed by atoms with Crippen LogP contribution < -0.4 is 16.1 Å². The molecule has 0 spiro atoms. The minimum absolute atomic E-state index is 0.0166. The molecule has 57 heavy (non-hydrogen) atoms. The van der Waals surface area contributed by atoms with E-state index in [1.807, 2.05) is 60.7 Å². The van der Waals surface area contributed by atoms with Crippen LogP contribution in [-0.4, -0.2) is 65.0 Å². The maximum absolute atomic E-state index is 14.8. The molecule has 0 aliphatic heterocycles. The maximum Gasteiger partial charge on any atom is 0.408 e. The molecule has 0 aromatic heterocycles. The molecule has 310 valence electrons. The number of ketones is 1. The highest BCUT2D eigenvalue weighted by Gasteiger charge is 2.63. The Morgan fingerprint density at radius 3 is 2.11 bits per heavy atom. The molecule has 0 saturated heterocycles. The van der Waals surface area contributed by atoms with Gasteiger partial charge in [0.15, 0.2) is 0 Å². The first-order valence-electron chi connectivity index (χ1n) is 21.1. The molecule has 6 rings (SSSR count). The van der Waals surface area contributed by atoms with E-state index in [9.17, 15) is 24.0 Å². The Labute approximate surface area is 338 Å². The van der Waals surface area contributed by atoms with Crippen LogP contribution in [0.25, 0.3) is 0 Å². The lowest BCUT2D eigenvalue weighted by Crippen LogP contribution is -2.60. The first kappa shape index (κ1) is 42.4. The number of fused-ring (bicyclic) bond motifs is 5. The molecule has 4 aliphatic carbocycles. The fraction of sp³-hybridized carbons (Fsp3) is 0.630. The molecule has 11 nitrogen and oxygen atoms in total. The third kappa shape index (κ3) is 9.73. The fourth-order valence-electron chi connectivity index (χ4n) is 11.6. The highest BCUT2D eigenvalue weighted by Crippen LogP contribution is 2.67. The van der Waals surface area contributed by atoms with Gasteiger partial charge in [-0.15, -0.1) is 0 Å². The number of hydrazine groups is 1. The summed E-state index contributed by atoms with van der Waals surface area (Å²) in [6, 6.07) is 17.5. The molecule has 2 aromatic carbocycles. The van der Waals surface area contributed by atoms with Crippen LogP contribution in [0.5, 0.6) is 0 Å². The molecule has 0 bridgehead atoms. The van der Waals surface area contributed by atoms with Crippen molar-refractivity contribution in [2.45, 2.75) is 137 Å². The van der Waals surface area contributed by atoms with Crippen molar-refractivity contribution in [3.63, 3.8) is 0 Å². The highest BCUT2D eigenvalue weighted by atomic mass is 16.6. The Balaban J connectivity index is 1.27. The minimum atomic E-state index is -1.06. The predicted molar refractivity (Wildman–Crippen MR) is 217 cm³/mol. The van der Waals surface area contributed by atoms with Gasteiger partial charge in [0.25, 0.3) is 5.91 Å². The van der Waals surface area contributed by atoms with Crippen LogP contribution in [-0.2, 0) is 41.6 Å². The van der Waals surface area contributed by atoms with Gasteiger partial charge in [-0.1, -0.05) is 74.5 Å². The number of rotatable bonds is 12. The smallest absolute Gasteiger partial charge is 0.408 e. The lowest BCUT2D eigenvalue weighted by Gasteiger charge is -2.60. The second-order valence-electron chi connectivity index (χ2n) is 18.8. The summed E-state index contributed by atoms with van der Waals surface area (Å²) in [6.07, 6.45) is 6.97. The zero-order chi connectivity index (χ0) is 41.1. The Kier molecular flexibility index (Phi) is 12.9. The summed E-state index contributed by atoms with van der Waals surface area (Å²) in [5.74, 6) is 0.282. The van der Waals surface area contributed by atoms with Gasteiger partial charge in [-0.2, -0.15) is 0 Å². The average Bonchev–Trinajstić information content (AvgIpc) is 3.45. The van der Waals surface area contributed by atoms with E-state index in [2.05, 4.69) is 29.9 Å². The van der Waals surface area contributed by atoms with Gasteiger partial charge in [0.1, 0.15) is 30.1 Å². The van der Waals surface area contributed by atoms with Crippen molar-refractivity contribution >= 4 is 29.7 Å². The topological polar surface area (TPSA) is 143 Å². The molecule has 0 unspecified atom stereocenters. The van der Waals surface area contributed by atoms with E-state index in [1.54, 1.807) is 27.7 Å². The number of ether oxygens (including phenoxy) is 2. The van der Waals surface area contributed by atoms with Crippen molar-refractivity contribution in [1.29, 1.82) is 0 Å². The van der Waals surface area contributed by atoms with Gasteiger partial charge in [-0.25, -0.2) is 10.2 Å². The number of carbonyl (C=O) groups excluding carboxylic acids is 5. The van der Waals surface area contributed by atoms with Crippen molar-refractivity contribution in [1.82, 2.24) is 21.1 Å². The first-order valence-corrected chi connectivity index (χ1v) is 21.1. The molecule has 0 radical (unpaired) electrons. The number of esters is 1. The van der Waals surface area contributed by atoms with Crippen LogP contribution in [0.2, 0.25) is 0 Å². The number of carbonyl (C=O) groups is 5. The Morgan fingerprint density at radius 1 is 0.825 bits per heavy atom. The summed E-state index contributed by atoms with van der Waals surface area (Å²) in [4.78, 5) is 67.4.